The average Bonchev–Trinajstić information content (AvgIpc) is 2.30. The Kier molecular flexibility index (Phi) is 2.31. The predicted octanol–water partition coefficient (Wildman–Crippen LogP) is 0.975. The maximum Gasteiger partial charge on any atom is 0.222 e. The van der Waals surface area contributed by atoms with Crippen LogP contribution in [0.1, 0.15) is 0 Å². The van der Waals surface area contributed by atoms with Crippen LogP contribution in [0.5, 0.6) is 0 Å². The number of rotatable bonds is 2. The molecule has 2 rings (SSSR count). The van der Waals surface area contributed by atoms with Crippen molar-refractivity contribution in [3.8, 4) is 11.4 Å². The molecular weight excluding hydrogens is 178 g/mol. The lowest BCUT2D eigenvalue weighted by molar-refractivity contribution is 1.12. The van der Waals surface area contributed by atoms with Gasteiger partial charge in [0, 0.05) is 25.6 Å². The molecule has 1 N–H and O–H groups in total. The molecule has 2 aromatic heterocycles. The summed E-state index contributed by atoms with van der Waals surface area (Å²) in [6, 6.07) is 1.80. The Balaban J connectivity index is 2.42. The largest absolute Gasteiger partial charge is 0.357 e. The summed E-state index contributed by atoms with van der Waals surface area (Å²) in [6.07, 6.45) is 6.62. The molecule has 0 fully saturated rings. The Bertz CT molecular complexity index is 415. The molecule has 0 atom stereocenters. The van der Waals surface area contributed by atoms with E-state index in [-0.39, 0.29) is 0 Å². The van der Waals surface area contributed by atoms with E-state index in [2.05, 4.69) is 25.3 Å². The molecule has 0 aromatic carbocycles. The summed E-state index contributed by atoms with van der Waals surface area (Å²) < 4.78 is 0. The molecule has 0 aliphatic heterocycles. The van der Waals surface area contributed by atoms with Gasteiger partial charge >= 0.3 is 0 Å². The van der Waals surface area contributed by atoms with E-state index in [1.807, 2.05) is 0 Å². The number of hydrogen-bond donors (Lipinski definition) is 1. The Morgan fingerprint density at radius 3 is 2.71 bits per heavy atom. The minimum atomic E-state index is 0.577. The van der Waals surface area contributed by atoms with Crippen molar-refractivity contribution in [2.75, 3.05) is 12.4 Å². The number of nitrogens with one attached hydrogen (secondary N) is 1. The number of hydrogen-bond acceptors (Lipinski definition) is 5. The van der Waals surface area contributed by atoms with Crippen molar-refractivity contribution in [2.45, 2.75) is 0 Å². The first-order valence-corrected chi connectivity index (χ1v) is 4.17. The van der Waals surface area contributed by atoms with Gasteiger partial charge < -0.3 is 5.32 Å². The van der Waals surface area contributed by atoms with E-state index in [0.717, 1.165) is 11.4 Å². The minimum absolute atomic E-state index is 0.577. The Labute approximate surface area is 81.3 Å². The highest BCUT2D eigenvalue weighted by molar-refractivity contribution is 5.53. The quantitative estimate of drug-likeness (QED) is 0.759. The van der Waals surface area contributed by atoms with Gasteiger partial charge in [-0.3, -0.25) is 9.97 Å². The van der Waals surface area contributed by atoms with Crippen molar-refractivity contribution in [1.29, 1.82) is 0 Å². The zero-order chi connectivity index (χ0) is 9.80. The molecule has 2 aromatic rings. The molecule has 2 heterocycles. The van der Waals surface area contributed by atoms with Crippen LogP contribution in [0.15, 0.2) is 30.9 Å². The smallest absolute Gasteiger partial charge is 0.222 e. The van der Waals surface area contributed by atoms with Crippen LogP contribution in [-0.2, 0) is 0 Å². The second-order valence-electron chi connectivity index (χ2n) is 2.61. The molecule has 0 saturated carbocycles. The molecule has 0 unspecified atom stereocenters. The first-order valence-electron chi connectivity index (χ1n) is 4.17. The van der Waals surface area contributed by atoms with Crippen LogP contribution in [0, 0.1) is 0 Å². The lowest BCUT2D eigenvalue weighted by Crippen LogP contribution is -1.97. The van der Waals surface area contributed by atoms with Crippen LogP contribution in [-0.4, -0.2) is 27.0 Å². The van der Waals surface area contributed by atoms with Gasteiger partial charge in [0.2, 0.25) is 5.95 Å². The molecule has 0 bridgehead atoms. The molecule has 5 heteroatoms. The SMILES string of the molecule is CNc1nccc(-c2cnccn2)n1. The molecule has 0 aliphatic carbocycles. The summed E-state index contributed by atoms with van der Waals surface area (Å²) in [7, 11) is 1.77. The fourth-order valence-corrected chi connectivity index (χ4v) is 1.05. The predicted molar refractivity (Wildman–Crippen MR) is 52.6 cm³/mol. The number of anilines is 1. The molecular formula is C9H9N5. The van der Waals surface area contributed by atoms with Gasteiger partial charge in [-0.25, -0.2) is 9.97 Å². The van der Waals surface area contributed by atoms with Crippen molar-refractivity contribution in [3.05, 3.63) is 30.9 Å². The highest BCUT2D eigenvalue weighted by Gasteiger charge is 2.01. The van der Waals surface area contributed by atoms with E-state index >= 15 is 0 Å². The summed E-state index contributed by atoms with van der Waals surface area (Å²) in [5.41, 5.74) is 1.50. The first-order chi connectivity index (χ1) is 6.90. The normalized spacial score (nSPS) is 9.79. The Hall–Kier alpha value is -2.04. The second kappa shape index (κ2) is 3.78. The van der Waals surface area contributed by atoms with Gasteiger partial charge in [0.15, 0.2) is 0 Å². The third kappa shape index (κ3) is 1.66. The van der Waals surface area contributed by atoms with Crippen molar-refractivity contribution in [3.63, 3.8) is 0 Å². The van der Waals surface area contributed by atoms with Gasteiger partial charge in [-0.2, -0.15) is 0 Å². The molecule has 70 valence electrons. The summed E-state index contributed by atoms with van der Waals surface area (Å²) in [5.74, 6) is 0.577. The molecule has 5 nitrogen and oxygen atoms in total. The zero-order valence-electron chi connectivity index (χ0n) is 7.68. The van der Waals surface area contributed by atoms with Crippen LogP contribution in [0.3, 0.4) is 0 Å². The zero-order valence-corrected chi connectivity index (χ0v) is 7.68. The molecule has 0 amide bonds. The molecule has 14 heavy (non-hydrogen) atoms. The fraction of sp³-hybridized carbons (Fsp3) is 0.111. The third-order valence-corrected chi connectivity index (χ3v) is 1.70. The van der Waals surface area contributed by atoms with Crippen LogP contribution in [0.25, 0.3) is 11.4 Å². The van der Waals surface area contributed by atoms with E-state index in [9.17, 15) is 0 Å². The minimum Gasteiger partial charge on any atom is -0.357 e. The summed E-state index contributed by atoms with van der Waals surface area (Å²) in [6.45, 7) is 0. The van der Waals surface area contributed by atoms with Crippen molar-refractivity contribution in [2.24, 2.45) is 0 Å². The monoisotopic (exact) mass is 187 g/mol. The summed E-state index contributed by atoms with van der Waals surface area (Å²) in [4.78, 5) is 16.4. The van der Waals surface area contributed by atoms with Crippen LogP contribution in [0.2, 0.25) is 0 Å². The van der Waals surface area contributed by atoms with E-state index in [0.29, 0.717) is 5.95 Å². The molecule has 0 aliphatic rings. The van der Waals surface area contributed by atoms with E-state index in [1.165, 1.54) is 0 Å². The average molecular weight is 187 g/mol. The summed E-state index contributed by atoms with van der Waals surface area (Å²) >= 11 is 0. The van der Waals surface area contributed by atoms with Gasteiger partial charge in [0.1, 0.15) is 5.69 Å². The maximum atomic E-state index is 4.24. The molecule has 0 spiro atoms. The van der Waals surface area contributed by atoms with Gasteiger partial charge in [0.05, 0.1) is 11.9 Å². The molecule has 0 saturated heterocycles. The van der Waals surface area contributed by atoms with E-state index in [4.69, 9.17) is 0 Å². The lowest BCUT2D eigenvalue weighted by Gasteiger charge is -2.00. The van der Waals surface area contributed by atoms with Gasteiger partial charge in [-0.15, -0.1) is 0 Å². The van der Waals surface area contributed by atoms with Crippen LogP contribution < -0.4 is 5.32 Å². The highest BCUT2D eigenvalue weighted by Crippen LogP contribution is 2.12. The number of aromatic nitrogens is 4. The van der Waals surface area contributed by atoms with Gasteiger partial charge in [0.25, 0.3) is 0 Å². The van der Waals surface area contributed by atoms with Crippen LogP contribution >= 0.6 is 0 Å². The highest BCUT2D eigenvalue weighted by atomic mass is 15.1. The number of nitrogens with zero attached hydrogens (tertiary/aromatic N) is 4. The third-order valence-electron chi connectivity index (χ3n) is 1.70. The lowest BCUT2D eigenvalue weighted by atomic mass is 10.3. The standard InChI is InChI=1S/C9H9N5/c1-10-9-13-3-2-7(14-9)8-6-11-4-5-12-8/h2-6H,1H3,(H,10,13,14). The maximum absolute atomic E-state index is 4.24. The summed E-state index contributed by atoms with van der Waals surface area (Å²) in [5, 5.41) is 2.87. The first kappa shape index (κ1) is 8.55. The Morgan fingerprint density at radius 2 is 2.00 bits per heavy atom. The fourth-order valence-electron chi connectivity index (χ4n) is 1.05. The Morgan fingerprint density at radius 1 is 1.07 bits per heavy atom. The molecule has 0 radical (unpaired) electrons. The van der Waals surface area contributed by atoms with Gasteiger partial charge in [-0.05, 0) is 6.07 Å². The van der Waals surface area contributed by atoms with Crippen molar-refractivity contribution >= 4 is 5.95 Å². The second-order valence-corrected chi connectivity index (χ2v) is 2.61. The van der Waals surface area contributed by atoms with Gasteiger partial charge in [-0.1, -0.05) is 0 Å². The van der Waals surface area contributed by atoms with Crippen molar-refractivity contribution < 1.29 is 0 Å². The topological polar surface area (TPSA) is 63.6 Å². The van der Waals surface area contributed by atoms with E-state index in [1.54, 1.807) is 37.9 Å². The van der Waals surface area contributed by atoms with Crippen LogP contribution in [0.4, 0.5) is 5.95 Å². The van der Waals surface area contributed by atoms with E-state index < -0.39 is 0 Å². The van der Waals surface area contributed by atoms with Crippen molar-refractivity contribution in [1.82, 2.24) is 19.9 Å².